The number of nitrogens with zero attached hydrogens (tertiary/aromatic N) is 4. The third kappa shape index (κ3) is 5.57. The third-order valence-electron chi connectivity index (χ3n) is 7.77. The molecule has 2 aromatic rings. The number of amides is 3. The van der Waals surface area contributed by atoms with Crippen LogP contribution in [-0.4, -0.2) is 63.7 Å². The molecule has 200 valence electrons. The summed E-state index contributed by atoms with van der Waals surface area (Å²) in [7, 11) is 0. The van der Waals surface area contributed by atoms with Crippen molar-refractivity contribution in [3.8, 4) is 0 Å². The highest BCUT2D eigenvalue weighted by Crippen LogP contribution is 2.41. The van der Waals surface area contributed by atoms with Crippen LogP contribution >= 0.6 is 11.3 Å². The standard InChI is InChI=1S/C29H35N5O3S/c1-28(2,3)27(37)34-13-8-29(9-14-34)18-22-16-21(19-31-25(22)32-26(29)36)4-5-24(35)33-11-6-20(7-12-33)17-23-30-10-15-38-23/h4-6,10,15-16,19H,7-9,11-14,17-18H2,1-3H3,(H,31,32,36)/b5-4+. The van der Waals surface area contributed by atoms with Gasteiger partial charge in [0.2, 0.25) is 17.7 Å². The molecule has 1 N–H and O–H groups in total. The molecule has 0 aromatic carbocycles. The van der Waals surface area contributed by atoms with Crippen LogP contribution in [0.4, 0.5) is 5.82 Å². The molecule has 3 aliphatic heterocycles. The number of hydrogen-bond donors (Lipinski definition) is 1. The molecule has 0 bridgehead atoms. The highest BCUT2D eigenvalue weighted by Gasteiger charge is 2.46. The number of piperidine rings is 1. The first-order valence-electron chi connectivity index (χ1n) is 13.3. The summed E-state index contributed by atoms with van der Waals surface area (Å²) in [6, 6.07) is 2.02. The molecule has 3 aliphatic rings. The molecule has 5 heterocycles. The molecule has 2 aromatic heterocycles. The van der Waals surface area contributed by atoms with E-state index in [9.17, 15) is 14.4 Å². The van der Waals surface area contributed by atoms with Crippen molar-refractivity contribution in [2.24, 2.45) is 10.8 Å². The number of fused-ring (bicyclic) bond motifs is 1. The summed E-state index contributed by atoms with van der Waals surface area (Å²) in [6.45, 7) is 8.25. The number of anilines is 1. The number of carbonyl (C=O) groups is 3. The van der Waals surface area contributed by atoms with E-state index in [0.717, 1.165) is 29.0 Å². The minimum absolute atomic E-state index is 0.00814. The Morgan fingerprint density at radius 2 is 1.95 bits per heavy atom. The average molecular weight is 534 g/mol. The normalized spacial score (nSPS) is 19.3. The third-order valence-corrected chi connectivity index (χ3v) is 8.55. The minimum Gasteiger partial charge on any atom is -0.342 e. The predicted molar refractivity (Wildman–Crippen MR) is 148 cm³/mol. The Kier molecular flexibility index (Phi) is 7.22. The van der Waals surface area contributed by atoms with E-state index in [0.29, 0.717) is 51.3 Å². The summed E-state index contributed by atoms with van der Waals surface area (Å²) in [5.41, 5.74) is 2.18. The predicted octanol–water partition coefficient (Wildman–Crippen LogP) is 4.10. The monoisotopic (exact) mass is 533 g/mol. The molecule has 8 nitrogen and oxygen atoms in total. The summed E-state index contributed by atoms with van der Waals surface area (Å²) >= 11 is 1.66. The van der Waals surface area contributed by atoms with Gasteiger partial charge in [0, 0.05) is 61.9 Å². The zero-order chi connectivity index (χ0) is 26.9. The molecule has 0 radical (unpaired) electrons. The van der Waals surface area contributed by atoms with E-state index in [1.807, 2.05) is 48.2 Å². The van der Waals surface area contributed by atoms with Gasteiger partial charge in [-0.25, -0.2) is 9.97 Å². The van der Waals surface area contributed by atoms with Gasteiger partial charge in [-0.1, -0.05) is 32.4 Å². The molecule has 0 aliphatic carbocycles. The van der Waals surface area contributed by atoms with Crippen molar-refractivity contribution >= 4 is 41.0 Å². The lowest BCUT2D eigenvalue weighted by atomic mass is 9.71. The van der Waals surface area contributed by atoms with Gasteiger partial charge in [0.1, 0.15) is 5.82 Å². The largest absolute Gasteiger partial charge is 0.342 e. The number of likely N-dealkylation sites (tertiary alicyclic amines) is 1. The van der Waals surface area contributed by atoms with Gasteiger partial charge >= 0.3 is 0 Å². The highest BCUT2D eigenvalue weighted by atomic mass is 32.1. The molecular formula is C29H35N5O3S. The molecule has 1 fully saturated rings. The van der Waals surface area contributed by atoms with E-state index < -0.39 is 10.8 Å². The number of carbonyl (C=O) groups excluding carboxylic acids is 3. The Bertz CT molecular complexity index is 1280. The highest BCUT2D eigenvalue weighted by molar-refractivity contribution is 7.09. The maximum Gasteiger partial charge on any atom is 0.246 e. The Hall–Kier alpha value is -3.33. The maximum absolute atomic E-state index is 13.1. The van der Waals surface area contributed by atoms with Gasteiger partial charge in [-0.3, -0.25) is 14.4 Å². The molecule has 1 spiro atoms. The van der Waals surface area contributed by atoms with Gasteiger partial charge in [0.25, 0.3) is 0 Å². The van der Waals surface area contributed by atoms with Crippen molar-refractivity contribution < 1.29 is 14.4 Å². The van der Waals surface area contributed by atoms with Crippen molar-refractivity contribution in [3.63, 3.8) is 0 Å². The summed E-state index contributed by atoms with van der Waals surface area (Å²) in [6.07, 6.45) is 12.6. The summed E-state index contributed by atoms with van der Waals surface area (Å²) < 4.78 is 0. The first kappa shape index (κ1) is 26.3. The second kappa shape index (κ2) is 10.4. The van der Waals surface area contributed by atoms with Crippen LogP contribution < -0.4 is 5.32 Å². The zero-order valence-corrected chi connectivity index (χ0v) is 23.1. The van der Waals surface area contributed by atoms with E-state index in [2.05, 4.69) is 21.4 Å². The van der Waals surface area contributed by atoms with Crippen molar-refractivity contribution in [1.82, 2.24) is 19.8 Å². The average Bonchev–Trinajstić information content (AvgIpc) is 3.41. The smallest absolute Gasteiger partial charge is 0.246 e. The Balaban J connectivity index is 1.21. The van der Waals surface area contributed by atoms with E-state index in [-0.39, 0.29) is 17.7 Å². The van der Waals surface area contributed by atoms with Crippen LogP contribution in [-0.2, 0) is 27.2 Å². The second-order valence-electron chi connectivity index (χ2n) is 11.6. The number of pyridine rings is 1. The molecule has 3 amide bonds. The topological polar surface area (TPSA) is 95.5 Å². The van der Waals surface area contributed by atoms with E-state index >= 15 is 0 Å². The van der Waals surface area contributed by atoms with Gasteiger partial charge in [-0.05, 0) is 49.0 Å². The first-order chi connectivity index (χ1) is 18.1. The van der Waals surface area contributed by atoms with Crippen molar-refractivity contribution in [3.05, 3.63) is 57.7 Å². The van der Waals surface area contributed by atoms with Gasteiger partial charge < -0.3 is 15.1 Å². The fraction of sp³-hybridized carbons (Fsp3) is 0.483. The molecular weight excluding hydrogens is 498 g/mol. The van der Waals surface area contributed by atoms with Crippen molar-refractivity contribution in [2.75, 3.05) is 31.5 Å². The fourth-order valence-electron chi connectivity index (χ4n) is 5.45. The number of aromatic nitrogens is 2. The lowest BCUT2D eigenvalue weighted by Crippen LogP contribution is -2.52. The summed E-state index contributed by atoms with van der Waals surface area (Å²) in [5.74, 6) is 0.688. The Morgan fingerprint density at radius 3 is 2.61 bits per heavy atom. The van der Waals surface area contributed by atoms with Crippen LogP contribution in [0.1, 0.15) is 56.2 Å². The zero-order valence-electron chi connectivity index (χ0n) is 22.3. The summed E-state index contributed by atoms with van der Waals surface area (Å²) in [5, 5.41) is 6.09. The molecule has 38 heavy (non-hydrogen) atoms. The van der Waals surface area contributed by atoms with Crippen LogP contribution in [0.2, 0.25) is 0 Å². The van der Waals surface area contributed by atoms with Crippen molar-refractivity contribution in [2.45, 2.75) is 52.9 Å². The van der Waals surface area contributed by atoms with Gasteiger partial charge in [-0.15, -0.1) is 11.3 Å². The molecule has 0 saturated carbocycles. The first-order valence-corrected chi connectivity index (χ1v) is 14.1. The van der Waals surface area contributed by atoms with Crippen LogP contribution in [0.3, 0.4) is 0 Å². The summed E-state index contributed by atoms with van der Waals surface area (Å²) in [4.78, 5) is 51.1. The molecule has 0 unspecified atom stereocenters. The van der Waals surface area contributed by atoms with E-state index in [4.69, 9.17) is 0 Å². The lowest BCUT2D eigenvalue weighted by Gasteiger charge is -2.44. The Morgan fingerprint density at radius 1 is 1.16 bits per heavy atom. The number of rotatable bonds is 4. The van der Waals surface area contributed by atoms with E-state index in [1.54, 1.807) is 29.7 Å². The minimum atomic E-state index is -0.530. The molecule has 9 heteroatoms. The Labute approximate surface area is 227 Å². The van der Waals surface area contributed by atoms with Crippen LogP contribution in [0.15, 0.2) is 41.6 Å². The van der Waals surface area contributed by atoms with Crippen LogP contribution in [0.25, 0.3) is 6.08 Å². The molecule has 0 atom stereocenters. The van der Waals surface area contributed by atoms with Crippen LogP contribution in [0.5, 0.6) is 0 Å². The number of nitrogens with one attached hydrogen (secondary N) is 1. The SMILES string of the molecule is CC(C)(C)C(=O)N1CCC2(CC1)Cc1cc(/C=C/C(=O)N3CC=C(Cc4nccs4)CC3)cnc1NC2=O. The second-order valence-corrected chi connectivity index (χ2v) is 12.5. The quantitative estimate of drug-likeness (QED) is 0.472. The molecule has 1 saturated heterocycles. The lowest BCUT2D eigenvalue weighted by molar-refractivity contribution is -0.144. The van der Waals surface area contributed by atoms with Gasteiger partial charge in [0.15, 0.2) is 0 Å². The van der Waals surface area contributed by atoms with E-state index in [1.165, 1.54) is 5.57 Å². The van der Waals surface area contributed by atoms with Gasteiger partial charge in [0.05, 0.1) is 10.4 Å². The number of thiazole rings is 1. The fourth-order valence-corrected chi connectivity index (χ4v) is 6.12. The van der Waals surface area contributed by atoms with Crippen LogP contribution in [0, 0.1) is 10.8 Å². The molecule has 5 rings (SSSR count). The number of hydrogen-bond acceptors (Lipinski definition) is 6. The van der Waals surface area contributed by atoms with Crippen molar-refractivity contribution in [1.29, 1.82) is 0 Å². The maximum atomic E-state index is 13.1. The van der Waals surface area contributed by atoms with Gasteiger partial charge in [-0.2, -0.15) is 0 Å².